The molecule has 0 fully saturated rings. The zero-order chi connectivity index (χ0) is 31.2. The van der Waals surface area contributed by atoms with E-state index in [2.05, 4.69) is 97.1 Å². The number of benzene rings is 7. The molecule has 0 aliphatic carbocycles. The van der Waals surface area contributed by atoms with Crippen LogP contribution in [0.5, 0.6) is 0 Å². The first-order valence-corrected chi connectivity index (χ1v) is 15.7. The Kier molecular flexibility index (Phi) is 6.43. The highest BCUT2D eigenvalue weighted by Gasteiger charge is 2.18. The smallest absolute Gasteiger partial charge is 0.164 e. The molecule has 47 heavy (non-hydrogen) atoms. The van der Waals surface area contributed by atoms with E-state index in [1.165, 1.54) is 27.6 Å². The molecule has 9 rings (SSSR count). The fraction of sp³-hybridized carbons (Fsp3) is 0. The van der Waals surface area contributed by atoms with Crippen LogP contribution >= 0.6 is 0 Å². The topological polar surface area (TPSA) is 51.8 Å². The molecule has 0 N–H and O–H groups in total. The molecule has 0 saturated carbocycles. The second-order valence-corrected chi connectivity index (χ2v) is 11.6. The zero-order valence-electron chi connectivity index (χ0n) is 25.3. The molecule has 4 heteroatoms. The molecule has 9 aromatic rings. The average molecular weight is 602 g/mol. The minimum Gasteiger partial charge on any atom is -0.456 e. The molecule has 7 aromatic carbocycles. The quantitative estimate of drug-likeness (QED) is 0.197. The Hall–Kier alpha value is -6.39. The van der Waals surface area contributed by atoms with Crippen molar-refractivity contribution in [1.29, 1.82) is 0 Å². The third-order valence-electron chi connectivity index (χ3n) is 8.73. The number of nitrogens with zero attached hydrogens (tertiary/aromatic N) is 3. The SMILES string of the molecule is c1ccc(-c2cccc(-c3cccc4cc(-c5nc(-c6ccccc6)nc(-c6cccc7oc8ccccc8c67)n5)ccc34)c2)cc1. The largest absolute Gasteiger partial charge is 0.456 e. The number of para-hydroxylation sites is 1. The average Bonchev–Trinajstić information content (AvgIpc) is 3.54. The molecule has 0 atom stereocenters. The summed E-state index contributed by atoms with van der Waals surface area (Å²) < 4.78 is 6.20. The van der Waals surface area contributed by atoms with E-state index in [0.29, 0.717) is 17.5 Å². The molecule has 2 heterocycles. The lowest BCUT2D eigenvalue weighted by atomic mass is 9.94. The van der Waals surface area contributed by atoms with Crippen molar-refractivity contribution in [3.8, 4) is 56.4 Å². The highest BCUT2D eigenvalue weighted by Crippen LogP contribution is 2.37. The highest BCUT2D eigenvalue weighted by molar-refractivity contribution is 6.11. The fourth-order valence-corrected chi connectivity index (χ4v) is 6.47. The Labute approximate surface area is 271 Å². The van der Waals surface area contributed by atoms with Crippen LogP contribution in [0.1, 0.15) is 0 Å². The van der Waals surface area contributed by atoms with Gasteiger partial charge < -0.3 is 4.42 Å². The maximum atomic E-state index is 6.20. The van der Waals surface area contributed by atoms with Gasteiger partial charge in [0.1, 0.15) is 11.2 Å². The van der Waals surface area contributed by atoms with E-state index in [9.17, 15) is 0 Å². The normalized spacial score (nSPS) is 11.4. The van der Waals surface area contributed by atoms with E-state index in [0.717, 1.165) is 44.0 Å². The summed E-state index contributed by atoms with van der Waals surface area (Å²) >= 11 is 0. The number of rotatable bonds is 5. The Balaban J connectivity index is 1.20. The van der Waals surface area contributed by atoms with E-state index >= 15 is 0 Å². The fourth-order valence-electron chi connectivity index (χ4n) is 6.47. The summed E-state index contributed by atoms with van der Waals surface area (Å²) in [5.74, 6) is 1.86. The van der Waals surface area contributed by atoms with Crippen LogP contribution in [0, 0.1) is 0 Å². The van der Waals surface area contributed by atoms with Crippen LogP contribution in [-0.4, -0.2) is 15.0 Å². The molecule has 0 aliphatic rings. The van der Waals surface area contributed by atoms with Crippen molar-refractivity contribution in [1.82, 2.24) is 15.0 Å². The van der Waals surface area contributed by atoms with Gasteiger partial charge in [-0.25, -0.2) is 15.0 Å². The van der Waals surface area contributed by atoms with E-state index in [1.54, 1.807) is 0 Å². The van der Waals surface area contributed by atoms with Crippen molar-refractivity contribution in [2.24, 2.45) is 0 Å². The lowest BCUT2D eigenvalue weighted by Gasteiger charge is -2.12. The third kappa shape index (κ3) is 4.84. The highest BCUT2D eigenvalue weighted by atomic mass is 16.3. The van der Waals surface area contributed by atoms with E-state index in [-0.39, 0.29) is 0 Å². The molecular formula is C43H27N3O. The molecule has 220 valence electrons. The van der Waals surface area contributed by atoms with Gasteiger partial charge in [-0.05, 0) is 57.3 Å². The van der Waals surface area contributed by atoms with Gasteiger partial charge in [0.25, 0.3) is 0 Å². The van der Waals surface area contributed by atoms with Crippen LogP contribution in [0.4, 0.5) is 0 Å². The van der Waals surface area contributed by atoms with Gasteiger partial charge in [0.05, 0.1) is 0 Å². The standard InChI is InChI=1S/C43H27N3O/c1-3-12-28(13-4-1)30-16-9-17-31(26-30)34-20-10-18-32-27-33(24-25-35(32)34)42-44-41(29-14-5-2-6-15-29)45-43(46-42)37-21-11-23-39-40(37)36-19-7-8-22-38(36)47-39/h1-27H. The molecule has 0 aliphatic heterocycles. The molecule has 0 spiro atoms. The molecule has 0 radical (unpaired) electrons. The number of fused-ring (bicyclic) bond motifs is 4. The maximum Gasteiger partial charge on any atom is 0.164 e. The van der Waals surface area contributed by atoms with Gasteiger partial charge >= 0.3 is 0 Å². The van der Waals surface area contributed by atoms with Crippen molar-refractivity contribution >= 4 is 32.7 Å². The van der Waals surface area contributed by atoms with E-state index < -0.39 is 0 Å². The number of hydrogen-bond acceptors (Lipinski definition) is 4. The predicted molar refractivity (Wildman–Crippen MR) is 192 cm³/mol. The number of aromatic nitrogens is 3. The molecule has 0 amide bonds. The Bertz CT molecular complexity index is 2570. The van der Waals surface area contributed by atoms with Crippen LogP contribution in [0.25, 0.3) is 89.1 Å². The van der Waals surface area contributed by atoms with Crippen molar-refractivity contribution in [2.75, 3.05) is 0 Å². The summed E-state index contributed by atoms with van der Waals surface area (Å²) in [7, 11) is 0. The lowest BCUT2D eigenvalue weighted by molar-refractivity contribution is 0.669. The second kappa shape index (κ2) is 11.2. The first-order chi connectivity index (χ1) is 23.3. The maximum absolute atomic E-state index is 6.20. The van der Waals surface area contributed by atoms with Gasteiger partial charge in [-0.1, -0.05) is 140 Å². The summed E-state index contributed by atoms with van der Waals surface area (Å²) in [5, 5.41) is 4.33. The first-order valence-electron chi connectivity index (χ1n) is 15.7. The van der Waals surface area contributed by atoms with Gasteiger partial charge in [0.15, 0.2) is 17.5 Å². The van der Waals surface area contributed by atoms with Gasteiger partial charge in [-0.15, -0.1) is 0 Å². The zero-order valence-corrected chi connectivity index (χ0v) is 25.3. The monoisotopic (exact) mass is 601 g/mol. The minimum absolute atomic E-state index is 0.609. The van der Waals surface area contributed by atoms with Crippen LogP contribution in [0.3, 0.4) is 0 Å². The number of furan rings is 1. The summed E-state index contributed by atoms with van der Waals surface area (Å²) in [4.78, 5) is 15.1. The third-order valence-corrected chi connectivity index (χ3v) is 8.73. The summed E-state index contributed by atoms with van der Waals surface area (Å²) in [6.07, 6.45) is 0. The van der Waals surface area contributed by atoms with Crippen LogP contribution in [-0.2, 0) is 0 Å². The van der Waals surface area contributed by atoms with Gasteiger partial charge in [0, 0.05) is 27.5 Å². The molecule has 0 unspecified atom stereocenters. The Morgan fingerprint density at radius 2 is 0.957 bits per heavy atom. The molecule has 0 saturated heterocycles. The van der Waals surface area contributed by atoms with Crippen LogP contribution in [0.2, 0.25) is 0 Å². The first kappa shape index (κ1) is 27.0. The second-order valence-electron chi connectivity index (χ2n) is 11.6. The summed E-state index contributed by atoms with van der Waals surface area (Å²) in [6, 6.07) is 56.4. The van der Waals surface area contributed by atoms with E-state index in [1.807, 2.05) is 66.7 Å². The minimum atomic E-state index is 0.609. The lowest BCUT2D eigenvalue weighted by Crippen LogP contribution is -2.00. The predicted octanol–water partition coefficient (Wildman–Crippen LogP) is 11.3. The van der Waals surface area contributed by atoms with Crippen molar-refractivity contribution < 1.29 is 4.42 Å². The molecule has 4 nitrogen and oxygen atoms in total. The van der Waals surface area contributed by atoms with Crippen LogP contribution < -0.4 is 0 Å². The van der Waals surface area contributed by atoms with Crippen LogP contribution in [0.15, 0.2) is 168 Å². The summed E-state index contributed by atoms with van der Waals surface area (Å²) in [5.41, 5.74) is 9.19. The van der Waals surface area contributed by atoms with Gasteiger partial charge in [0.2, 0.25) is 0 Å². The molecule has 2 aromatic heterocycles. The molecular weight excluding hydrogens is 574 g/mol. The molecule has 0 bridgehead atoms. The van der Waals surface area contributed by atoms with E-state index in [4.69, 9.17) is 19.4 Å². The number of hydrogen-bond donors (Lipinski definition) is 0. The van der Waals surface area contributed by atoms with Crippen molar-refractivity contribution in [2.45, 2.75) is 0 Å². The van der Waals surface area contributed by atoms with Crippen molar-refractivity contribution in [3.05, 3.63) is 164 Å². The Morgan fingerprint density at radius 1 is 0.340 bits per heavy atom. The summed E-state index contributed by atoms with van der Waals surface area (Å²) in [6.45, 7) is 0. The van der Waals surface area contributed by atoms with Gasteiger partial charge in [-0.3, -0.25) is 0 Å². The Morgan fingerprint density at radius 3 is 1.81 bits per heavy atom. The van der Waals surface area contributed by atoms with Gasteiger partial charge in [-0.2, -0.15) is 0 Å². The van der Waals surface area contributed by atoms with Crippen molar-refractivity contribution in [3.63, 3.8) is 0 Å².